The first-order valence-electron chi connectivity index (χ1n) is 7.24. The van der Waals surface area contributed by atoms with Gasteiger partial charge in [0, 0.05) is 6.54 Å². The van der Waals surface area contributed by atoms with Crippen molar-refractivity contribution in [2.45, 2.75) is 15.9 Å². The van der Waals surface area contributed by atoms with Gasteiger partial charge in [-0.25, -0.2) is 0 Å². The molecule has 0 spiro atoms. The first-order valence-corrected chi connectivity index (χ1v) is 8.87. The van der Waals surface area contributed by atoms with Crippen LogP contribution in [0, 0.1) is 0 Å². The predicted octanol–water partition coefficient (Wildman–Crippen LogP) is 2.14. The van der Waals surface area contributed by atoms with Gasteiger partial charge in [-0.05, 0) is 52.0 Å². The molecule has 3 heterocycles. The smallest absolute Gasteiger partial charge is 0.206 e. The Kier molecular flexibility index (Phi) is 4.39. The highest BCUT2D eigenvalue weighted by atomic mass is 32.2. The molecule has 0 aliphatic carbocycles. The molecule has 0 bridgehead atoms. The van der Waals surface area contributed by atoms with Crippen LogP contribution < -0.4 is 10.1 Å². The van der Waals surface area contributed by atoms with E-state index in [1.807, 2.05) is 30.3 Å². The Labute approximate surface area is 150 Å². The molecular formula is C14H12N8OS2. The second-order valence-corrected chi connectivity index (χ2v) is 7.12. The number of anilines is 1. The molecule has 1 N–H and O–H groups in total. The summed E-state index contributed by atoms with van der Waals surface area (Å²) in [6, 6.07) is 11.5. The minimum absolute atomic E-state index is 0.600. The van der Waals surface area contributed by atoms with Gasteiger partial charge in [0.2, 0.25) is 5.13 Å². The number of nitrogens with one attached hydrogen (secondary N) is 1. The number of hydrogen-bond acceptors (Lipinski definition) is 10. The quantitative estimate of drug-likeness (QED) is 0.545. The maximum atomic E-state index is 5.15. The van der Waals surface area contributed by atoms with Crippen molar-refractivity contribution >= 4 is 33.9 Å². The summed E-state index contributed by atoms with van der Waals surface area (Å²) >= 11 is 2.88. The first-order chi connectivity index (χ1) is 12.3. The van der Waals surface area contributed by atoms with E-state index in [1.165, 1.54) is 27.7 Å². The number of ether oxygens (including phenoxy) is 1. The molecule has 0 radical (unpaired) electrons. The van der Waals surface area contributed by atoms with Crippen LogP contribution >= 0.6 is 23.1 Å². The Morgan fingerprint density at radius 2 is 2.00 bits per heavy atom. The SMILES string of the molecule is COc1ccc(CNc2nnc(Sc3ccc4nnnn4n3)s2)cc1. The molecule has 0 saturated carbocycles. The molecule has 0 amide bonds. The largest absolute Gasteiger partial charge is 0.497 e. The number of methoxy groups -OCH3 is 1. The summed E-state index contributed by atoms with van der Waals surface area (Å²) in [5.41, 5.74) is 1.74. The summed E-state index contributed by atoms with van der Waals surface area (Å²) in [4.78, 5) is 0. The highest BCUT2D eigenvalue weighted by molar-refractivity contribution is 8.01. The number of hydrogen-bond donors (Lipinski definition) is 1. The molecule has 0 saturated heterocycles. The van der Waals surface area contributed by atoms with E-state index in [9.17, 15) is 0 Å². The van der Waals surface area contributed by atoms with Crippen LogP contribution in [0.5, 0.6) is 5.75 Å². The van der Waals surface area contributed by atoms with Crippen molar-refractivity contribution in [3.8, 4) is 5.75 Å². The van der Waals surface area contributed by atoms with Crippen molar-refractivity contribution in [2.75, 3.05) is 12.4 Å². The summed E-state index contributed by atoms with van der Waals surface area (Å²) < 4.78 is 7.32. The predicted molar refractivity (Wildman–Crippen MR) is 92.9 cm³/mol. The van der Waals surface area contributed by atoms with Crippen LogP contribution in [-0.2, 0) is 6.54 Å². The van der Waals surface area contributed by atoms with Gasteiger partial charge in [-0.15, -0.1) is 25.0 Å². The van der Waals surface area contributed by atoms with Gasteiger partial charge >= 0.3 is 0 Å². The van der Waals surface area contributed by atoms with Crippen LogP contribution in [0.4, 0.5) is 5.13 Å². The molecule has 0 fully saturated rings. The molecule has 0 aliphatic rings. The van der Waals surface area contributed by atoms with E-state index >= 15 is 0 Å². The minimum Gasteiger partial charge on any atom is -0.497 e. The number of fused-ring (bicyclic) bond motifs is 1. The topological polar surface area (TPSA) is 103 Å². The van der Waals surface area contributed by atoms with E-state index in [-0.39, 0.29) is 0 Å². The zero-order valence-electron chi connectivity index (χ0n) is 13.0. The number of benzene rings is 1. The Morgan fingerprint density at radius 3 is 2.84 bits per heavy atom. The van der Waals surface area contributed by atoms with Crippen molar-refractivity contribution in [1.82, 2.24) is 35.5 Å². The van der Waals surface area contributed by atoms with Crippen molar-refractivity contribution < 1.29 is 4.74 Å². The van der Waals surface area contributed by atoms with Crippen LogP contribution in [0.15, 0.2) is 45.8 Å². The fraction of sp³-hybridized carbons (Fsp3) is 0.143. The summed E-state index contributed by atoms with van der Waals surface area (Å²) in [6.07, 6.45) is 0. The van der Waals surface area contributed by atoms with Crippen molar-refractivity contribution in [3.05, 3.63) is 42.0 Å². The first kappa shape index (κ1) is 15.7. The molecule has 0 aliphatic heterocycles. The van der Waals surface area contributed by atoms with E-state index in [2.05, 4.69) is 36.1 Å². The Hall–Kier alpha value is -2.79. The Morgan fingerprint density at radius 1 is 1.12 bits per heavy atom. The van der Waals surface area contributed by atoms with Gasteiger partial charge in [-0.2, -0.15) is 0 Å². The highest BCUT2D eigenvalue weighted by Crippen LogP contribution is 2.30. The Bertz CT molecular complexity index is 984. The van der Waals surface area contributed by atoms with E-state index in [4.69, 9.17) is 4.74 Å². The lowest BCUT2D eigenvalue weighted by molar-refractivity contribution is 0.414. The summed E-state index contributed by atoms with van der Waals surface area (Å²) in [6.45, 7) is 0.665. The molecule has 0 atom stereocenters. The molecule has 3 aromatic heterocycles. The number of tetrazole rings is 1. The third-order valence-electron chi connectivity index (χ3n) is 3.25. The lowest BCUT2D eigenvalue weighted by Crippen LogP contribution is -1.98. The lowest BCUT2D eigenvalue weighted by atomic mass is 10.2. The molecule has 11 heteroatoms. The fourth-order valence-electron chi connectivity index (χ4n) is 2.02. The molecule has 126 valence electrons. The second kappa shape index (κ2) is 6.99. The van der Waals surface area contributed by atoms with Gasteiger partial charge in [-0.1, -0.05) is 23.5 Å². The zero-order chi connectivity index (χ0) is 17.1. The van der Waals surface area contributed by atoms with Gasteiger partial charge in [0.25, 0.3) is 0 Å². The van der Waals surface area contributed by atoms with Gasteiger partial charge in [0.1, 0.15) is 10.8 Å². The van der Waals surface area contributed by atoms with Crippen LogP contribution in [0.1, 0.15) is 5.56 Å². The lowest BCUT2D eigenvalue weighted by Gasteiger charge is -2.03. The van der Waals surface area contributed by atoms with Crippen LogP contribution in [0.25, 0.3) is 5.65 Å². The van der Waals surface area contributed by atoms with Gasteiger partial charge in [0.15, 0.2) is 9.99 Å². The molecule has 1 aromatic carbocycles. The molecule has 9 nitrogen and oxygen atoms in total. The van der Waals surface area contributed by atoms with Crippen molar-refractivity contribution in [2.24, 2.45) is 0 Å². The fourth-order valence-corrected chi connectivity index (χ4v) is 3.67. The minimum atomic E-state index is 0.600. The highest BCUT2D eigenvalue weighted by Gasteiger charge is 2.08. The zero-order valence-corrected chi connectivity index (χ0v) is 14.7. The summed E-state index contributed by atoms with van der Waals surface area (Å²) in [7, 11) is 1.65. The molecule has 4 aromatic rings. The van der Waals surface area contributed by atoms with Crippen molar-refractivity contribution in [3.63, 3.8) is 0 Å². The van der Waals surface area contributed by atoms with Gasteiger partial charge < -0.3 is 10.1 Å². The molecule has 4 rings (SSSR count). The maximum Gasteiger partial charge on any atom is 0.206 e. The summed E-state index contributed by atoms with van der Waals surface area (Å²) in [5, 5.41) is 28.5. The maximum absolute atomic E-state index is 5.15. The monoisotopic (exact) mass is 372 g/mol. The molecule has 25 heavy (non-hydrogen) atoms. The Balaban J connectivity index is 1.39. The van der Waals surface area contributed by atoms with E-state index in [0.717, 1.165) is 25.8 Å². The standard InChI is InChI=1S/C14H12N8OS2/c1-23-10-4-2-9(3-5-10)8-15-13-17-18-14(25-13)24-12-7-6-11-16-20-21-22(11)19-12/h2-7H,8H2,1H3,(H,15,17). The average molecular weight is 372 g/mol. The second-order valence-electron chi connectivity index (χ2n) is 4.87. The van der Waals surface area contributed by atoms with Gasteiger partial charge in [0.05, 0.1) is 7.11 Å². The summed E-state index contributed by atoms with van der Waals surface area (Å²) in [5.74, 6) is 0.838. The number of rotatable bonds is 6. The average Bonchev–Trinajstić information content (AvgIpc) is 3.29. The number of nitrogens with zero attached hydrogens (tertiary/aromatic N) is 7. The third kappa shape index (κ3) is 3.67. The van der Waals surface area contributed by atoms with E-state index < -0.39 is 0 Å². The van der Waals surface area contributed by atoms with Crippen LogP contribution in [-0.4, -0.2) is 42.6 Å². The van der Waals surface area contributed by atoms with E-state index in [1.54, 1.807) is 13.2 Å². The third-order valence-corrected chi connectivity index (χ3v) is 5.10. The van der Waals surface area contributed by atoms with Crippen LogP contribution in [0.3, 0.4) is 0 Å². The van der Waals surface area contributed by atoms with Crippen molar-refractivity contribution in [1.29, 1.82) is 0 Å². The number of aromatic nitrogens is 7. The normalized spacial score (nSPS) is 10.9. The van der Waals surface area contributed by atoms with E-state index in [0.29, 0.717) is 12.2 Å². The van der Waals surface area contributed by atoms with Crippen LogP contribution in [0.2, 0.25) is 0 Å². The molecular weight excluding hydrogens is 360 g/mol. The van der Waals surface area contributed by atoms with Gasteiger partial charge in [-0.3, -0.25) is 0 Å². The molecule has 0 unspecified atom stereocenters.